The Balaban J connectivity index is 1.48. The number of aliphatic hydroxyl groups excluding tert-OH is 1. The zero-order valence-electron chi connectivity index (χ0n) is 16.8. The molecule has 2 saturated carbocycles. The van der Waals surface area contributed by atoms with Crippen LogP contribution in [0.15, 0.2) is 4.99 Å². The van der Waals surface area contributed by atoms with Crippen molar-refractivity contribution in [2.24, 2.45) is 10.9 Å². The molecule has 1 unspecified atom stereocenters. The molecule has 5 heteroatoms. The van der Waals surface area contributed by atoms with E-state index in [0.29, 0.717) is 12.1 Å². The van der Waals surface area contributed by atoms with Crippen molar-refractivity contribution in [3.05, 3.63) is 0 Å². The molecule has 3 fully saturated rings. The zero-order chi connectivity index (χ0) is 18.2. The molecule has 3 N–H and O–H groups in total. The molecule has 3 aliphatic rings. The standard InChI is InChI=1S/C21H40N4O/c1-2-22-21(24-18-10-12-20(26)13-11-18)23-15-19-9-6-14-25(19)16-17-7-4-3-5-8-17/h17-20,26H,2-16H2,1H3,(H2,22,23,24). The summed E-state index contributed by atoms with van der Waals surface area (Å²) in [5.41, 5.74) is 0. The van der Waals surface area contributed by atoms with Gasteiger partial charge >= 0.3 is 0 Å². The summed E-state index contributed by atoms with van der Waals surface area (Å²) in [4.78, 5) is 7.66. The summed E-state index contributed by atoms with van der Waals surface area (Å²) in [6.45, 7) is 6.51. The van der Waals surface area contributed by atoms with Gasteiger partial charge in [-0.15, -0.1) is 0 Å². The van der Waals surface area contributed by atoms with Crippen molar-refractivity contribution in [1.82, 2.24) is 15.5 Å². The van der Waals surface area contributed by atoms with E-state index in [-0.39, 0.29) is 6.10 Å². The lowest BCUT2D eigenvalue weighted by atomic mass is 9.89. The van der Waals surface area contributed by atoms with E-state index >= 15 is 0 Å². The fourth-order valence-corrected chi connectivity index (χ4v) is 4.97. The third-order valence-electron chi connectivity index (χ3n) is 6.56. The fourth-order valence-electron chi connectivity index (χ4n) is 4.97. The number of hydrogen-bond donors (Lipinski definition) is 3. The van der Waals surface area contributed by atoms with Gasteiger partial charge in [-0.1, -0.05) is 19.3 Å². The summed E-state index contributed by atoms with van der Waals surface area (Å²) in [5, 5.41) is 16.7. The Bertz CT molecular complexity index is 428. The van der Waals surface area contributed by atoms with Gasteiger partial charge in [0.25, 0.3) is 0 Å². The lowest BCUT2D eigenvalue weighted by molar-refractivity contribution is 0.120. The lowest BCUT2D eigenvalue weighted by Crippen LogP contribution is -2.46. The monoisotopic (exact) mass is 364 g/mol. The Labute approximate surface area is 160 Å². The van der Waals surface area contributed by atoms with Crippen LogP contribution in [0.4, 0.5) is 0 Å². The summed E-state index contributed by atoms with van der Waals surface area (Å²) in [6.07, 6.45) is 13.6. The van der Waals surface area contributed by atoms with Gasteiger partial charge < -0.3 is 15.7 Å². The number of aliphatic hydroxyl groups is 1. The number of rotatable bonds is 6. The summed E-state index contributed by atoms with van der Waals surface area (Å²) in [7, 11) is 0. The third kappa shape index (κ3) is 6.12. The van der Waals surface area contributed by atoms with Crippen LogP contribution < -0.4 is 10.6 Å². The van der Waals surface area contributed by atoms with E-state index in [0.717, 1.165) is 50.7 Å². The van der Waals surface area contributed by atoms with Crippen molar-refractivity contribution in [3.63, 3.8) is 0 Å². The molecule has 0 aromatic heterocycles. The molecule has 0 radical (unpaired) electrons. The molecular formula is C21H40N4O. The molecule has 1 aliphatic heterocycles. The lowest BCUT2D eigenvalue weighted by Gasteiger charge is -2.31. The number of nitrogens with one attached hydrogen (secondary N) is 2. The van der Waals surface area contributed by atoms with Crippen LogP contribution in [0, 0.1) is 5.92 Å². The first-order valence-corrected chi connectivity index (χ1v) is 11.2. The minimum atomic E-state index is -0.0978. The number of hydrogen-bond acceptors (Lipinski definition) is 3. The maximum Gasteiger partial charge on any atom is 0.191 e. The molecule has 2 aliphatic carbocycles. The van der Waals surface area contributed by atoms with Crippen molar-refractivity contribution in [3.8, 4) is 0 Å². The van der Waals surface area contributed by atoms with Gasteiger partial charge in [0.1, 0.15) is 0 Å². The Hall–Kier alpha value is -0.810. The first kappa shape index (κ1) is 19.9. The first-order chi connectivity index (χ1) is 12.7. The van der Waals surface area contributed by atoms with Crippen LogP contribution >= 0.6 is 0 Å². The van der Waals surface area contributed by atoms with Gasteiger partial charge in [0, 0.05) is 25.2 Å². The second-order valence-corrected chi connectivity index (χ2v) is 8.66. The van der Waals surface area contributed by atoms with Crippen molar-refractivity contribution in [2.45, 2.75) is 95.7 Å². The van der Waals surface area contributed by atoms with Crippen LogP contribution in [0.1, 0.15) is 77.6 Å². The first-order valence-electron chi connectivity index (χ1n) is 11.2. The topological polar surface area (TPSA) is 59.9 Å². The molecule has 0 amide bonds. The van der Waals surface area contributed by atoms with Gasteiger partial charge in [-0.05, 0) is 70.8 Å². The molecule has 1 saturated heterocycles. The molecule has 1 atom stereocenters. The maximum absolute atomic E-state index is 9.70. The molecule has 150 valence electrons. The SMILES string of the molecule is CCNC(=NCC1CCCN1CC1CCCCC1)NC1CCC(O)CC1. The molecule has 0 spiro atoms. The predicted molar refractivity (Wildman–Crippen MR) is 109 cm³/mol. The van der Waals surface area contributed by atoms with Gasteiger partial charge in [0.15, 0.2) is 5.96 Å². The Morgan fingerprint density at radius 2 is 1.77 bits per heavy atom. The van der Waals surface area contributed by atoms with Crippen LogP contribution in [0.3, 0.4) is 0 Å². The van der Waals surface area contributed by atoms with Gasteiger partial charge in [-0.25, -0.2) is 0 Å². The van der Waals surface area contributed by atoms with Gasteiger partial charge in [-0.2, -0.15) is 0 Å². The molecular weight excluding hydrogens is 324 g/mol. The smallest absolute Gasteiger partial charge is 0.191 e. The van der Waals surface area contributed by atoms with Crippen molar-refractivity contribution >= 4 is 5.96 Å². The minimum Gasteiger partial charge on any atom is -0.393 e. The highest BCUT2D eigenvalue weighted by Gasteiger charge is 2.27. The number of aliphatic imine (C=N–C) groups is 1. The van der Waals surface area contributed by atoms with E-state index in [1.807, 2.05) is 0 Å². The molecule has 5 nitrogen and oxygen atoms in total. The van der Waals surface area contributed by atoms with Crippen LogP contribution in [-0.4, -0.2) is 60.3 Å². The average molecular weight is 365 g/mol. The van der Waals surface area contributed by atoms with E-state index in [9.17, 15) is 5.11 Å². The Morgan fingerprint density at radius 3 is 2.50 bits per heavy atom. The highest BCUT2D eigenvalue weighted by Crippen LogP contribution is 2.27. The Kier molecular flexibility index (Phi) is 8.06. The highest BCUT2D eigenvalue weighted by atomic mass is 16.3. The molecule has 0 aromatic rings. The zero-order valence-corrected chi connectivity index (χ0v) is 16.8. The van der Waals surface area contributed by atoms with E-state index in [1.54, 1.807) is 0 Å². The largest absolute Gasteiger partial charge is 0.393 e. The van der Waals surface area contributed by atoms with Crippen LogP contribution in [-0.2, 0) is 0 Å². The normalized spacial score (nSPS) is 31.9. The highest BCUT2D eigenvalue weighted by molar-refractivity contribution is 5.80. The fraction of sp³-hybridized carbons (Fsp3) is 0.952. The van der Waals surface area contributed by atoms with Gasteiger partial charge in [-0.3, -0.25) is 9.89 Å². The average Bonchev–Trinajstić information content (AvgIpc) is 3.09. The van der Waals surface area contributed by atoms with Crippen molar-refractivity contribution < 1.29 is 5.11 Å². The van der Waals surface area contributed by atoms with Crippen LogP contribution in [0.25, 0.3) is 0 Å². The minimum absolute atomic E-state index is 0.0978. The number of nitrogens with zero attached hydrogens (tertiary/aromatic N) is 2. The third-order valence-corrected chi connectivity index (χ3v) is 6.56. The maximum atomic E-state index is 9.70. The number of likely N-dealkylation sites (tertiary alicyclic amines) is 1. The summed E-state index contributed by atoms with van der Waals surface area (Å²) >= 11 is 0. The van der Waals surface area contributed by atoms with E-state index in [2.05, 4.69) is 22.5 Å². The summed E-state index contributed by atoms with van der Waals surface area (Å²) in [6, 6.07) is 1.08. The Morgan fingerprint density at radius 1 is 1.00 bits per heavy atom. The van der Waals surface area contributed by atoms with E-state index < -0.39 is 0 Å². The molecule has 0 bridgehead atoms. The molecule has 3 rings (SSSR count). The van der Waals surface area contributed by atoms with Crippen LogP contribution in [0.5, 0.6) is 0 Å². The molecule has 26 heavy (non-hydrogen) atoms. The van der Waals surface area contributed by atoms with Gasteiger partial charge in [0.05, 0.1) is 12.6 Å². The van der Waals surface area contributed by atoms with Crippen molar-refractivity contribution in [1.29, 1.82) is 0 Å². The second-order valence-electron chi connectivity index (χ2n) is 8.66. The molecule has 0 aromatic carbocycles. The number of guanidine groups is 1. The van der Waals surface area contributed by atoms with E-state index in [1.165, 1.54) is 58.0 Å². The second kappa shape index (κ2) is 10.5. The van der Waals surface area contributed by atoms with Crippen LogP contribution in [0.2, 0.25) is 0 Å². The quantitative estimate of drug-likeness (QED) is 0.501. The predicted octanol–water partition coefficient (Wildman–Crippen LogP) is 2.89. The summed E-state index contributed by atoms with van der Waals surface area (Å²) in [5.74, 6) is 1.90. The summed E-state index contributed by atoms with van der Waals surface area (Å²) < 4.78 is 0. The van der Waals surface area contributed by atoms with Gasteiger partial charge in [0.2, 0.25) is 0 Å². The van der Waals surface area contributed by atoms with E-state index in [4.69, 9.17) is 4.99 Å². The van der Waals surface area contributed by atoms with Crippen molar-refractivity contribution in [2.75, 3.05) is 26.2 Å². The molecule has 1 heterocycles.